The van der Waals surface area contributed by atoms with Gasteiger partial charge in [0.2, 0.25) is 0 Å². The number of rotatable bonds is 9. The molecule has 9 heteroatoms. The Morgan fingerprint density at radius 2 is 1.68 bits per heavy atom. The minimum atomic E-state index is -0.982. The molecule has 200 valence electrons. The molecule has 0 amide bonds. The molecule has 4 aromatic carbocycles. The van der Waals surface area contributed by atoms with Gasteiger partial charge in [-0.3, -0.25) is 4.79 Å². The lowest BCUT2D eigenvalue weighted by atomic mass is 10.1. The first-order valence-corrected chi connectivity index (χ1v) is 13.3. The Bertz CT molecular complexity index is 1770. The third-order valence-electron chi connectivity index (χ3n) is 6.06. The number of carbonyl (C=O) groups is 1. The standard InChI is InChI=1S/C31H24BrN3O5/c1-2-39-27-16-23(25(32)17-28(27)40-19-20-12-14-22(15-13-20)31(37)38)18-33-35-29(21-8-4-3-5-9-21)34-26-11-7-6-10-24(26)30(35)36/h3-18H,2,19H2,1H3,(H,37,38). The van der Waals surface area contributed by atoms with E-state index in [9.17, 15) is 9.59 Å². The fourth-order valence-corrected chi connectivity index (χ4v) is 4.49. The molecule has 0 saturated heterocycles. The van der Waals surface area contributed by atoms with Crippen LogP contribution in [-0.2, 0) is 6.61 Å². The molecule has 0 spiro atoms. The summed E-state index contributed by atoms with van der Waals surface area (Å²) in [4.78, 5) is 29.3. The van der Waals surface area contributed by atoms with Crippen molar-refractivity contribution in [2.45, 2.75) is 13.5 Å². The first-order chi connectivity index (χ1) is 19.4. The van der Waals surface area contributed by atoms with Gasteiger partial charge < -0.3 is 14.6 Å². The predicted molar refractivity (Wildman–Crippen MR) is 157 cm³/mol. The number of hydrogen-bond acceptors (Lipinski definition) is 6. The lowest BCUT2D eigenvalue weighted by Gasteiger charge is -2.14. The molecule has 0 unspecified atom stereocenters. The van der Waals surface area contributed by atoms with Gasteiger partial charge in [-0.1, -0.05) is 54.6 Å². The topological polar surface area (TPSA) is 103 Å². The van der Waals surface area contributed by atoms with Gasteiger partial charge in [0.15, 0.2) is 17.3 Å². The number of aromatic nitrogens is 2. The van der Waals surface area contributed by atoms with Crippen LogP contribution in [0.5, 0.6) is 11.5 Å². The molecular formula is C31H24BrN3O5. The van der Waals surface area contributed by atoms with Crippen molar-refractivity contribution < 1.29 is 19.4 Å². The molecule has 5 rings (SSSR count). The monoisotopic (exact) mass is 597 g/mol. The van der Waals surface area contributed by atoms with Gasteiger partial charge in [0.25, 0.3) is 5.56 Å². The highest BCUT2D eigenvalue weighted by molar-refractivity contribution is 9.10. The van der Waals surface area contributed by atoms with Gasteiger partial charge in [-0.2, -0.15) is 9.78 Å². The molecular weight excluding hydrogens is 574 g/mol. The van der Waals surface area contributed by atoms with Crippen LogP contribution in [0.3, 0.4) is 0 Å². The quantitative estimate of drug-likeness (QED) is 0.198. The van der Waals surface area contributed by atoms with Crippen LogP contribution in [0.25, 0.3) is 22.3 Å². The average Bonchev–Trinajstić information content (AvgIpc) is 2.98. The van der Waals surface area contributed by atoms with E-state index in [0.29, 0.717) is 44.9 Å². The highest BCUT2D eigenvalue weighted by Crippen LogP contribution is 2.34. The van der Waals surface area contributed by atoms with E-state index in [2.05, 4.69) is 21.0 Å². The molecule has 0 fully saturated rings. The lowest BCUT2D eigenvalue weighted by molar-refractivity contribution is 0.0697. The smallest absolute Gasteiger partial charge is 0.335 e. The van der Waals surface area contributed by atoms with E-state index in [1.807, 2.05) is 43.3 Å². The Morgan fingerprint density at radius 1 is 0.975 bits per heavy atom. The van der Waals surface area contributed by atoms with E-state index in [1.54, 1.807) is 48.7 Å². The molecule has 5 aromatic rings. The molecule has 40 heavy (non-hydrogen) atoms. The van der Waals surface area contributed by atoms with Crippen LogP contribution >= 0.6 is 15.9 Å². The summed E-state index contributed by atoms with van der Waals surface area (Å²) in [7, 11) is 0. The summed E-state index contributed by atoms with van der Waals surface area (Å²) in [5.74, 6) is 0.449. The lowest BCUT2D eigenvalue weighted by Crippen LogP contribution is -2.20. The second-order valence-electron chi connectivity index (χ2n) is 8.72. The van der Waals surface area contributed by atoms with E-state index < -0.39 is 5.97 Å². The highest BCUT2D eigenvalue weighted by atomic mass is 79.9. The summed E-state index contributed by atoms with van der Waals surface area (Å²) >= 11 is 3.58. The Labute approximate surface area is 238 Å². The van der Waals surface area contributed by atoms with Crippen molar-refractivity contribution in [3.05, 3.63) is 123 Å². The zero-order valence-electron chi connectivity index (χ0n) is 21.5. The predicted octanol–water partition coefficient (Wildman–Crippen LogP) is 6.38. The summed E-state index contributed by atoms with van der Waals surface area (Å²) in [6, 6.07) is 26.7. The third kappa shape index (κ3) is 5.79. The van der Waals surface area contributed by atoms with Gasteiger partial charge in [0, 0.05) is 15.6 Å². The van der Waals surface area contributed by atoms with Crippen LogP contribution in [0.15, 0.2) is 105 Å². The van der Waals surface area contributed by atoms with Gasteiger partial charge in [-0.15, -0.1) is 0 Å². The molecule has 0 aliphatic rings. The van der Waals surface area contributed by atoms with Crippen LogP contribution in [-0.4, -0.2) is 33.6 Å². The zero-order chi connectivity index (χ0) is 28.1. The van der Waals surface area contributed by atoms with Crippen LogP contribution in [0.1, 0.15) is 28.4 Å². The van der Waals surface area contributed by atoms with E-state index in [4.69, 9.17) is 19.6 Å². The highest BCUT2D eigenvalue weighted by Gasteiger charge is 2.14. The molecule has 8 nitrogen and oxygen atoms in total. The van der Waals surface area contributed by atoms with Crippen molar-refractivity contribution in [2.24, 2.45) is 5.10 Å². The van der Waals surface area contributed by atoms with Gasteiger partial charge >= 0.3 is 5.97 Å². The number of carboxylic acids is 1. The fraction of sp³-hybridized carbons (Fsp3) is 0.0968. The number of hydrogen-bond donors (Lipinski definition) is 1. The Hall–Kier alpha value is -4.76. The summed E-state index contributed by atoms with van der Waals surface area (Å²) < 4.78 is 13.8. The minimum absolute atomic E-state index is 0.210. The molecule has 0 saturated carbocycles. The summed E-state index contributed by atoms with van der Waals surface area (Å²) in [5, 5.41) is 14.1. The van der Waals surface area contributed by atoms with E-state index in [1.165, 1.54) is 16.8 Å². The van der Waals surface area contributed by atoms with Crippen LogP contribution in [0.2, 0.25) is 0 Å². The van der Waals surface area contributed by atoms with Crippen molar-refractivity contribution in [3.63, 3.8) is 0 Å². The van der Waals surface area contributed by atoms with Crippen LogP contribution in [0, 0.1) is 0 Å². The molecule has 1 N–H and O–H groups in total. The summed E-state index contributed by atoms with van der Waals surface area (Å²) in [6.07, 6.45) is 1.57. The molecule has 0 aliphatic carbocycles. The second-order valence-corrected chi connectivity index (χ2v) is 9.58. The SMILES string of the molecule is CCOc1cc(C=Nn2c(-c3ccccc3)nc3ccccc3c2=O)c(Br)cc1OCc1ccc(C(=O)O)cc1. The van der Waals surface area contributed by atoms with Crippen molar-refractivity contribution in [2.75, 3.05) is 6.61 Å². The van der Waals surface area contributed by atoms with Crippen molar-refractivity contribution >= 4 is 39.0 Å². The normalized spacial score (nSPS) is 11.2. The third-order valence-corrected chi connectivity index (χ3v) is 6.74. The van der Waals surface area contributed by atoms with Gasteiger partial charge in [-0.25, -0.2) is 9.78 Å². The minimum Gasteiger partial charge on any atom is -0.490 e. The van der Waals surface area contributed by atoms with Gasteiger partial charge in [0.1, 0.15) is 6.61 Å². The first kappa shape index (κ1) is 26.8. The Morgan fingerprint density at radius 3 is 2.40 bits per heavy atom. The fourth-order valence-electron chi connectivity index (χ4n) is 4.06. The Balaban J connectivity index is 1.49. The molecule has 0 bridgehead atoms. The maximum atomic E-state index is 13.5. The van der Waals surface area contributed by atoms with Crippen LogP contribution < -0.4 is 15.0 Å². The molecule has 0 radical (unpaired) electrons. The Kier molecular flexibility index (Phi) is 8.02. The largest absolute Gasteiger partial charge is 0.490 e. The molecule has 0 aliphatic heterocycles. The van der Waals surface area contributed by atoms with Crippen molar-refractivity contribution in [3.8, 4) is 22.9 Å². The van der Waals surface area contributed by atoms with Crippen molar-refractivity contribution in [1.29, 1.82) is 0 Å². The number of benzene rings is 4. The second kappa shape index (κ2) is 12.0. The van der Waals surface area contributed by atoms with Gasteiger partial charge in [0.05, 0.1) is 29.3 Å². The van der Waals surface area contributed by atoms with Gasteiger partial charge in [-0.05, 0) is 64.8 Å². The average molecular weight is 598 g/mol. The molecule has 1 heterocycles. The number of para-hydroxylation sites is 1. The zero-order valence-corrected chi connectivity index (χ0v) is 23.0. The number of nitrogens with zero attached hydrogens (tertiary/aromatic N) is 3. The van der Waals surface area contributed by atoms with Crippen molar-refractivity contribution in [1.82, 2.24) is 9.66 Å². The maximum Gasteiger partial charge on any atom is 0.335 e. The summed E-state index contributed by atoms with van der Waals surface area (Å²) in [6.45, 7) is 2.50. The number of carboxylic acid groups (broad SMARTS) is 1. The number of ether oxygens (including phenoxy) is 2. The number of halogens is 1. The molecule has 0 atom stereocenters. The summed E-state index contributed by atoms with van der Waals surface area (Å²) in [5.41, 5.74) is 2.76. The van der Waals surface area contributed by atoms with Crippen LogP contribution in [0.4, 0.5) is 0 Å². The maximum absolute atomic E-state index is 13.5. The number of aromatic carboxylic acids is 1. The van der Waals surface area contributed by atoms with E-state index in [0.717, 1.165) is 11.1 Å². The molecule has 1 aromatic heterocycles. The first-order valence-electron chi connectivity index (χ1n) is 12.5. The van der Waals surface area contributed by atoms with E-state index in [-0.39, 0.29) is 17.7 Å². The van der Waals surface area contributed by atoms with E-state index >= 15 is 0 Å². The number of fused-ring (bicyclic) bond motifs is 1.